The number of rotatable bonds is 3. The van der Waals surface area contributed by atoms with E-state index in [1.165, 1.54) is 0 Å². The Hall–Kier alpha value is -0.870. The van der Waals surface area contributed by atoms with Gasteiger partial charge in [0.2, 0.25) is 0 Å². The molecule has 5 heteroatoms. The zero-order valence-corrected chi connectivity index (χ0v) is 9.17. The van der Waals surface area contributed by atoms with Gasteiger partial charge in [0, 0.05) is 0 Å². The smallest absolute Gasteiger partial charge is 0.151 e. The fourth-order valence-electron chi connectivity index (χ4n) is 2.03. The van der Waals surface area contributed by atoms with E-state index in [1.807, 2.05) is 0 Å². The first kappa shape index (κ1) is 10.6. The Morgan fingerprint density at radius 3 is 2.60 bits per heavy atom. The van der Waals surface area contributed by atoms with Crippen molar-refractivity contribution in [3.8, 4) is 0 Å². The van der Waals surface area contributed by atoms with E-state index in [-0.39, 0.29) is 12.1 Å². The van der Waals surface area contributed by atoms with Gasteiger partial charge in [0.1, 0.15) is 5.82 Å². The predicted octanol–water partition coefficient (Wildman–Crippen LogP) is 1.85. The van der Waals surface area contributed by atoms with Gasteiger partial charge < -0.3 is 10.4 Å². The third-order valence-electron chi connectivity index (χ3n) is 2.89. The Kier molecular flexibility index (Phi) is 3.07. The summed E-state index contributed by atoms with van der Waals surface area (Å²) in [4.78, 5) is 0. The molecule has 1 aliphatic rings. The minimum Gasteiger partial charge on any atom is -0.394 e. The average Bonchev–Trinajstić information content (AvgIpc) is 2.71. The molecular weight excluding hydrogens is 214 g/mol. The van der Waals surface area contributed by atoms with Crippen LogP contribution in [0, 0.1) is 0 Å². The van der Waals surface area contributed by atoms with Crippen molar-refractivity contribution in [1.29, 1.82) is 0 Å². The van der Waals surface area contributed by atoms with Crippen LogP contribution in [0.5, 0.6) is 0 Å². The van der Waals surface area contributed by atoms with Gasteiger partial charge in [-0.2, -0.15) is 0 Å². The highest BCUT2D eigenvalue weighted by atomic mass is 35.5. The predicted molar refractivity (Wildman–Crippen MR) is 58.9 cm³/mol. The number of hydrogen-bond donors (Lipinski definition) is 2. The Balaban J connectivity index is 2.09. The van der Waals surface area contributed by atoms with Crippen molar-refractivity contribution in [3.63, 3.8) is 0 Å². The SMILES string of the molecule is OCC1(Nc2ccc(Cl)nn2)CCCC1. The number of aliphatic hydroxyl groups excluding tert-OH is 1. The standard InChI is InChI=1S/C10H14ClN3O/c11-8-3-4-9(14-13-8)12-10(7-15)5-1-2-6-10/h3-4,15H,1-2,5-7H2,(H,12,14). The summed E-state index contributed by atoms with van der Waals surface area (Å²) in [5.74, 6) is 0.676. The molecule has 0 aliphatic heterocycles. The highest BCUT2D eigenvalue weighted by molar-refractivity contribution is 6.29. The largest absolute Gasteiger partial charge is 0.394 e. The minimum atomic E-state index is -0.206. The highest BCUT2D eigenvalue weighted by Crippen LogP contribution is 2.32. The van der Waals surface area contributed by atoms with E-state index in [1.54, 1.807) is 12.1 Å². The van der Waals surface area contributed by atoms with Crippen LogP contribution in [0.15, 0.2) is 12.1 Å². The van der Waals surface area contributed by atoms with Crippen LogP contribution in [0.25, 0.3) is 0 Å². The van der Waals surface area contributed by atoms with Crippen molar-refractivity contribution < 1.29 is 5.11 Å². The van der Waals surface area contributed by atoms with Gasteiger partial charge in [0.25, 0.3) is 0 Å². The number of hydrogen-bond acceptors (Lipinski definition) is 4. The van der Waals surface area contributed by atoms with Crippen molar-refractivity contribution in [2.45, 2.75) is 31.2 Å². The molecule has 0 saturated heterocycles. The van der Waals surface area contributed by atoms with E-state index in [2.05, 4.69) is 15.5 Å². The van der Waals surface area contributed by atoms with Crippen molar-refractivity contribution in [3.05, 3.63) is 17.3 Å². The summed E-state index contributed by atoms with van der Waals surface area (Å²) in [7, 11) is 0. The lowest BCUT2D eigenvalue weighted by molar-refractivity contribution is 0.213. The van der Waals surface area contributed by atoms with Crippen LogP contribution < -0.4 is 5.32 Å². The molecule has 1 fully saturated rings. The van der Waals surface area contributed by atoms with Crippen molar-refractivity contribution in [1.82, 2.24) is 10.2 Å². The average molecular weight is 228 g/mol. The van der Waals surface area contributed by atoms with Gasteiger partial charge in [-0.25, -0.2) is 0 Å². The molecule has 0 spiro atoms. The monoisotopic (exact) mass is 227 g/mol. The van der Waals surface area contributed by atoms with Gasteiger partial charge in [0.15, 0.2) is 5.15 Å². The highest BCUT2D eigenvalue weighted by Gasteiger charge is 2.33. The molecule has 0 amide bonds. The van der Waals surface area contributed by atoms with E-state index in [0.29, 0.717) is 11.0 Å². The van der Waals surface area contributed by atoms with Gasteiger partial charge in [-0.1, -0.05) is 24.4 Å². The van der Waals surface area contributed by atoms with Crippen LogP contribution in [0.3, 0.4) is 0 Å². The van der Waals surface area contributed by atoms with Crippen LogP contribution in [-0.4, -0.2) is 27.4 Å². The summed E-state index contributed by atoms with van der Waals surface area (Å²) in [5, 5.41) is 20.7. The second-order valence-electron chi connectivity index (χ2n) is 4.01. The zero-order chi connectivity index (χ0) is 10.7. The molecule has 0 unspecified atom stereocenters. The number of aliphatic hydroxyl groups is 1. The van der Waals surface area contributed by atoms with E-state index in [9.17, 15) is 5.11 Å². The fraction of sp³-hybridized carbons (Fsp3) is 0.600. The molecule has 0 radical (unpaired) electrons. The Morgan fingerprint density at radius 2 is 2.07 bits per heavy atom. The molecule has 2 N–H and O–H groups in total. The molecule has 0 aromatic carbocycles. The lowest BCUT2D eigenvalue weighted by atomic mass is 9.99. The van der Waals surface area contributed by atoms with Crippen molar-refractivity contribution in [2.75, 3.05) is 11.9 Å². The van der Waals surface area contributed by atoms with Crippen LogP contribution in [-0.2, 0) is 0 Å². The first-order valence-corrected chi connectivity index (χ1v) is 5.50. The number of anilines is 1. The quantitative estimate of drug-likeness (QED) is 0.828. The van der Waals surface area contributed by atoms with Crippen molar-refractivity contribution >= 4 is 17.4 Å². The number of nitrogens with one attached hydrogen (secondary N) is 1. The summed E-state index contributed by atoms with van der Waals surface area (Å²) in [6, 6.07) is 3.47. The van der Waals surface area contributed by atoms with Crippen molar-refractivity contribution in [2.24, 2.45) is 0 Å². The van der Waals surface area contributed by atoms with E-state index < -0.39 is 0 Å². The van der Waals surface area contributed by atoms with Crippen LogP contribution in [0.4, 0.5) is 5.82 Å². The van der Waals surface area contributed by atoms with E-state index in [4.69, 9.17) is 11.6 Å². The molecule has 82 valence electrons. The number of aromatic nitrogens is 2. The summed E-state index contributed by atoms with van der Waals surface area (Å²) in [5.41, 5.74) is -0.206. The maximum atomic E-state index is 9.40. The molecule has 1 aliphatic carbocycles. The molecule has 0 atom stereocenters. The van der Waals surface area contributed by atoms with Gasteiger partial charge in [-0.05, 0) is 25.0 Å². The maximum absolute atomic E-state index is 9.40. The third-order valence-corrected chi connectivity index (χ3v) is 3.09. The van der Waals surface area contributed by atoms with Gasteiger partial charge >= 0.3 is 0 Å². The summed E-state index contributed by atoms with van der Waals surface area (Å²) in [6.45, 7) is 0.136. The lowest BCUT2D eigenvalue weighted by Crippen LogP contribution is -2.39. The topological polar surface area (TPSA) is 58.0 Å². The third kappa shape index (κ3) is 2.38. The number of halogens is 1. The fourth-order valence-corrected chi connectivity index (χ4v) is 2.13. The number of nitrogens with zero attached hydrogens (tertiary/aromatic N) is 2. The maximum Gasteiger partial charge on any atom is 0.151 e. The second-order valence-corrected chi connectivity index (χ2v) is 4.40. The molecule has 1 aromatic rings. The van der Waals surface area contributed by atoms with E-state index >= 15 is 0 Å². The summed E-state index contributed by atoms with van der Waals surface area (Å²) in [6.07, 6.45) is 4.25. The van der Waals surface area contributed by atoms with Crippen LogP contribution in [0.1, 0.15) is 25.7 Å². The first-order chi connectivity index (χ1) is 7.24. The molecule has 2 rings (SSSR count). The van der Waals surface area contributed by atoms with E-state index in [0.717, 1.165) is 25.7 Å². The molecule has 0 bridgehead atoms. The first-order valence-electron chi connectivity index (χ1n) is 5.12. The molecule has 1 saturated carbocycles. The molecule has 1 aromatic heterocycles. The lowest BCUT2D eigenvalue weighted by Gasteiger charge is -2.28. The Morgan fingerprint density at radius 1 is 1.33 bits per heavy atom. The molecule has 1 heterocycles. The van der Waals surface area contributed by atoms with Gasteiger partial charge in [-0.3, -0.25) is 0 Å². The second kappa shape index (κ2) is 4.33. The van der Waals surface area contributed by atoms with Crippen LogP contribution in [0.2, 0.25) is 5.15 Å². The molecule has 4 nitrogen and oxygen atoms in total. The van der Waals surface area contributed by atoms with Crippen LogP contribution >= 0.6 is 11.6 Å². The zero-order valence-electron chi connectivity index (χ0n) is 8.41. The Labute approximate surface area is 93.7 Å². The normalized spacial score (nSPS) is 19.1. The minimum absolute atomic E-state index is 0.136. The molecular formula is C10H14ClN3O. The van der Waals surface area contributed by atoms with Gasteiger partial charge in [-0.15, -0.1) is 10.2 Å². The summed E-state index contributed by atoms with van der Waals surface area (Å²) >= 11 is 5.65. The molecule has 15 heavy (non-hydrogen) atoms. The summed E-state index contributed by atoms with van der Waals surface area (Å²) < 4.78 is 0. The van der Waals surface area contributed by atoms with Gasteiger partial charge in [0.05, 0.1) is 12.1 Å². The Bertz CT molecular complexity index is 322.